The Morgan fingerprint density at radius 2 is 1.89 bits per heavy atom. The van der Waals surface area contributed by atoms with Gasteiger partial charge in [0.2, 0.25) is 0 Å². The van der Waals surface area contributed by atoms with Crippen molar-refractivity contribution in [3.63, 3.8) is 0 Å². The molecule has 4 nitrogen and oxygen atoms in total. The summed E-state index contributed by atoms with van der Waals surface area (Å²) in [5.41, 5.74) is 0.891. The van der Waals surface area contributed by atoms with Gasteiger partial charge in [-0.1, -0.05) is 44.2 Å². The summed E-state index contributed by atoms with van der Waals surface area (Å²) >= 11 is 5.51. The summed E-state index contributed by atoms with van der Waals surface area (Å²) < 4.78 is 5.06. The van der Waals surface area contributed by atoms with Gasteiger partial charge in [-0.05, 0) is 11.5 Å². The van der Waals surface area contributed by atoms with E-state index in [0.29, 0.717) is 0 Å². The molecule has 0 aromatic heterocycles. The molecular weight excluding hydrogens is 266 g/mol. The number of carbonyl (C=O) groups is 2. The number of rotatable bonds is 6. The van der Waals surface area contributed by atoms with Gasteiger partial charge in [0.1, 0.15) is 6.61 Å². The number of alkyl carbamates (subject to hydrolysis) is 1. The molecule has 1 atom stereocenters. The second kappa shape index (κ2) is 7.79. The average Bonchev–Trinajstić information content (AvgIpc) is 2.42. The molecule has 1 aromatic rings. The van der Waals surface area contributed by atoms with Crippen LogP contribution in [0.3, 0.4) is 0 Å². The summed E-state index contributed by atoms with van der Waals surface area (Å²) in [6.07, 6.45) is -0.610. The van der Waals surface area contributed by atoms with Crippen molar-refractivity contribution in [2.24, 2.45) is 5.92 Å². The van der Waals surface area contributed by atoms with Gasteiger partial charge < -0.3 is 10.1 Å². The number of carbonyl (C=O) groups excluding carboxylic acids is 2. The van der Waals surface area contributed by atoms with Crippen molar-refractivity contribution in [2.45, 2.75) is 26.5 Å². The molecule has 0 heterocycles. The highest BCUT2D eigenvalue weighted by molar-refractivity contribution is 6.28. The Morgan fingerprint density at radius 3 is 2.42 bits per heavy atom. The summed E-state index contributed by atoms with van der Waals surface area (Å²) in [5, 5.41) is 2.54. The van der Waals surface area contributed by atoms with E-state index in [1.807, 2.05) is 44.2 Å². The van der Waals surface area contributed by atoms with Crippen molar-refractivity contribution in [1.82, 2.24) is 5.32 Å². The maximum absolute atomic E-state index is 11.6. The van der Waals surface area contributed by atoms with Crippen LogP contribution in [-0.4, -0.2) is 23.8 Å². The van der Waals surface area contributed by atoms with Gasteiger partial charge in [-0.3, -0.25) is 4.79 Å². The van der Waals surface area contributed by atoms with Crippen LogP contribution in [0.5, 0.6) is 0 Å². The summed E-state index contributed by atoms with van der Waals surface area (Å²) in [7, 11) is 0. The fourth-order valence-corrected chi connectivity index (χ4v) is 1.76. The molecule has 0 fully saturated rings. The number of alkyl halides is 1. The minimum absolute atomic E-state index is 0.0319. The van der Waals surface area contributed by atoms with Crippen LogP contribution in [0.15, 0.2) is 30.3 Å². The molecule has 1 amide bonds. The number of halogens is 1. The summed E-state index contributed by atoms with van der Waals surface area (Å²) in [6, 6.07) is 8.72. The Morgan fingerprint density at radius 1 is 1.26 bits per heavy atom. The van der Waals surface area contributed by atoms with E-state index in [2.05, 4.69) is 5.32 Å². The van der Waals surface area contributed by atoms with Gasteiger partial charge in [-0.25, -0.2) is 4.79 Å². The first kappa shape index (κ1) is 15.5. The molecule has 0 spiro atoms. The molecule has 1 rings (SSSR count). The second-order valence-electron chi connectivity index (χ2n) is 4.53. The molecule has 5 heteroatoms. The van der Waals surface area contributed by atoms with E-state index in [-0.39, 0.29) is 24.2 Å². The fraction of sp³-hybridized carbons (Fsp3) is 0.429. The second-order valence-corrected chi connectivity index (χ2v) is 4.79. The molecule has 1 unspecified atom stereocenters. The van der Waals surface area contributed by atoms with Crippen LogP contribution in [0.2, 0.25) is 0 Å². The molecule has 0 aliphatic rings. The number of nitrogens with one attached hydrogen (secondary N) is 1. The van der Waals surface area contributed by atoms with Gasteiger partial charge >= 0.3 is 6.09 Å². The smallest absolute Gasteiger partial charge is 0.408 e. The van der Waals surface area contributed by atoms with Crippen molar-refractivity contribution in [1.29, 1.82) is 0 Å². The number of ether oxygens (including phenoxy) is 1. The number of Topliss-reactive ketones (excluding diaryl/α,β-unsaturated/α-hetero) is 1. The minimum atomic E-state index is -0.610. The molecule has 19 heavy (non-hydrogen) atoms. The van der Waals surface area contributed by atoms with Gasteiger partial charge in [0.05, 0.1) is 11.9 Å². The van der Waals surface area contributed by atoms with Crippen LogP contribution in [0.4, 0.5) is 4.79 Å². The minimum Gasteiger partial charge on any atom is -0.445 e. The maximum atomic E-state index is 11.6. The highest BCUT2D eigenvalue weighted by Gasteiger charge is 2.23. The van der Waals surface area contributed by atoms with E-state index in [0.717, 1.165) is 5.56 Å². The zero-order valence-electron chi connectivity index (χ0n) is 11.1. The van der Waals surface area contributed by atoms with E-state index in [9.17, 15) is 9.59 Å². The number of hydrogen-bond donors (Lipinski definition) is 1. The zero-order chi connectivity index (χ0) is 14.3. The highest BCUT2D eigenvalue weighted by Crippen LogP contribution is 2.06. The van der Waals surface area contributed by atoms with Crippen LogP contribution >= 0.6 is 11.6 Å². The molecule has 0 bridgehead atoms. The van der Waals surface area contributed by atoms with Crippen molar-refractivity contribution >= 4 is 23.5 Å². The average molecular weight is 284 g/mol. The molecule has 104 valence electrons. The van der Waals surface area contributed by atoms with Crippen LogP contribution in [0.25, 0.3) is 0 Å². The number of ketones is 1. The van der Waals surface area contributed by atoms with E-state index in [1.54, 1.807) is 0 Å². The summed E-state index contributed by atoms with van der Waals surface area (Å²) in [5.74, 6) is -0.370. The lowest BCUT2D eigenvalue weighted by Crippen LogP contribution is -2.45. The lowest BCUT2D eigenvalue weighted by Gasteiger charge is -2.19. The first-order valence-corrected chi connectivity index (χ1v) is 6.64. The standard InChI is InChI=1S/C14H18ClNO3/c1-10(2)13(12(17)8-15)16-14(18)19-9-11-6-4-3-5-7-11/h3-7,10,13H,8-9H2,1-2H3,(H,16,18). The molecule has 0 saturated carbocycles. The van der Waals surface area contributed by atoms with Crippen LogP contribution in [0, 0.1) is 5.92 Å². The lowest BCUT2D eigenvalue weighted by molar-refractivity contribution is -0.119. The van der Waals surface area contributed by atoms with Gasteiger partial charge in [0.25, 0.3) is 0 Å². The molecule has 1 N–H and O–H groups in total. The monoisotopic (exact) mass is 283 g/mol. The third-order valence-electron chi connectivity index (χ3n) is 2.63. The fourth-order valence-electron chi connectivity index (χ4n) is 1.59. The van der Waals surface area contributed by atoms with E-state index >= 15 is 0 Å². The molecule has 0 aliphatic heterocycles. The third-order valence-corrected chi connectivity index (χ3v) is 2.89. The maximum Gasteiger partial charge on any atom is 0.408 e. The van der Waals surface area contributed by atoms with E-state index < -0.39 is 12.1 Å². The van der Waals surface area contributed by atoms with Gasteiger partial charge in [0.15, 0.2) is 5.78 Å². The Balaban J connectivity index is 2.47. The van der Waals surface area contributed by atoms with Crippen molar-refractivity contribution in [3.8, 4) is 0 Å². The van der Waals surface area contributed by atoms with Crippen LogP contribution in [-0.2, 0) is 16.1 Å². The molecule has 0 saturated heterocycles. The Bertz CT molecular complexity index is 420. The van der Waals surface area contributed by atoms with Crippen LogP contribution < -0.4 is 5.32 Å². The molecule has 1 aromatic carbocycles. The van der Waals surface area contributed by atoms with Gasteiger partial charge in [0, 0.05) is 0 Å². The first-order chi connectivity index (χ1) is 9.04. The predicted octanol–water partition coefficient (Wildman–Crippen LogP) is 2.75. The predicted molar refractivity (Wildman–Crippen MR) is 74.1 cm³/mol. The van der Waals surface area contributed by atoms with Crippen LogP contribution in [0.1, 0.15) is 19.4 Å². The number of hydrogen-bond acceptors (Lipinski definition) is 3. The zero-order valence-corrected chi connectivity index (χ0v) is 11.8. The highest BCUT2D eigenvalue weighted by atomic mass is 35.5. The SMILES string of the molecule is CC(C)C(NC(=O)OCc1ccccc1)C(=O)CCl. The summed E-state index contributed by atoms with van der Waals surface area (Å²) in [4.78, 5) is 23.2. The van der Waals surface area contributed by atoms with Gasteiger partial charge in [-0.2, -0.15) is 0 Å². The number of amides is 1. The molecule has 0 radical (unpaired) electrons. The van der Waals surface area contributed by atoms with E-state index in [4.69, 9.17) is 16.3 Å². The Kier molecular flexibility index (Phi) is 6.36. The number of benzene rings is 1. The van der Waals surface area contributed by atoms with Crippen molar-refractivity contribution in [2.75, 3.05) is 5.88 Å². The quantitative estimate of drug-likeness (QED) is 0.817. The largest absolute Gasteiger partial charge is 0.445 e. The van der Waals surface area contributed by atoms with E-state index in [1.165, 1.54) is 0 Å². The topological polar surface area (TPSA) is 55.4 Å². The van der Waals surface area contributed by atoms with Crippen molar-refractivity contribution in [3.05, 3.63) is 35.9 Å². The molecule has 0 aliphatic carbocycles. The normalized spacial score (nSPS) is 12.0. The molecular formula is C14H18ClNO3. The summed E-state index contributed by atoms with van der Waals surface area (Å²) in [6.45, 7) is 3.85. The lowest BCUT2D eigenvalue weighted by atomic mass is 10.0. The first-order valence-electron chi connectivity index (χ1n) is 6.10. The van der Waals surface area contributed by atoms with Crippen molar-refractivity contribution < 1.29 is 14.3 Å². The Labute approximate surface area is 118 Å². The Hall–Kier alpha value is -1.55. The third kappa shape index (κ3) is 5.30. The van der Waals surface area contributed by atoms with Gasteiger partial charge in [-0.15, -0.1) is 11.6 Å².